The van der Waals surface area contributed by atoms with Crippen LogP contribution in [0.3, 0.4) is 0 Å². The van der Waals surface area contributed by atoms with Crippen LogP contribution in [0.2, 0.25) is 0 Å². The number of nitrogens with zero attached hydrogens (tertiary/aromatic N) is 2. The number of benzene rings is 9. The van der Waals surface area contributed by atoms with Crippen molar-refractivity contribution in [1.29, 1.82) is 0 Å². The maximum atomic E-state index is 5.43. The fourth-order valence-corrected chi connectivity index (χ4v) is 9.32. The Balaban J connectivity index is 1.26. The molecule has 0 amide bonds. The van der Waals surface area contributed by atoms with Gasteiger partial charge in [-0.2, -0.15) is 0 Å². The van der Waals surface area contributed by atoms with Crippen LogP contribution in [0.5, 0.6) is 0 Å². The van der Waals surface area contributed by atoms with E-state index in [0.29, 0.717) is 0 Å². The molecule has 9 aromatic carbocycles. The van der Waals surface area contributed by atoms with Crippen LogP contribution in [0.4, 0.5) is 0 Å². The van der Waals surface area contributed by atoms with Gasteiger partial charge >= 0.3 is 0 Å². The fourth-order valence-electron chi connectivity index (χ4n) is 8.17. The normalized spacial score (nSPS) is 11.8. The average molecular weight is 691 g/mol. The average Bonchev–Trinajstić information content (AvgIpc) is 3.61. The van der Waals surface area contributed by atoms with E-state index < -0.39 is 0 Å². The van der Waals surface area contributed by atoms with Gasteiger partial charge in [0.1, 0.15) is 0 Å². The summed E-state index contributed by atoms with van der Waals surface area (Å²) in [6, 6.07) is 65.8. The zero-order valence-corrected chi connectivity index (χ0v) is 29.4. The Morgan fingerprint density at radius 3 is 1.42 bits per heavy atom. The van der Waals surface area contributed by atoms with Crippen molar-refractivity contribution in [2.45, 2.75) is 0 Å². The zero-order chi connectivity index (χ0) is 34.9. The molecular formula is C50H30N2S. The molecule has 0 aliphatic heterocycles. The highest BCUT2D eigenvalue weighted by Gasteiger charge is 2.19. The Labute approximate surface area is 310 Å². The van der Waals surface area contributed by atoms with Gasteiger partial charge in [-0.15, -0.1) is 11.3 Å². The topological polar surface area (TPSA) is 25.8 Å². The zero-order valence-electron chi connectivity index (χ0n) is 28.6. The molecule has 0 aliphatic carbocycles. The van der Waals surface area contributed by atoms with Crippen molar-refractivity contribution in [1.82, 2.24) is 9.97 Å². The van der Waals surface area contributed by atoms with Gasteiger partial charge in [-0.25, -0.2) is 9.97 Å². The first-order valence-electron chi connectivity index (χ1n) is 18.0. The molecule has 53 heavy (non-hydrogen) atoms. The maximum absolute atomic E-state index is 5.43. The molecule has 0 N–H and O–H groups in total. The highest BCUT2D eigenvalue weighted by Crippen LogP contribution is 2.43. The van der Waals surface area contributed by atoms with Crippen LogP contribution in [0, 0.1) is 0 Å². The molecule has 2 aromatic heterocycles. The summed E-state index contributed by atoms with van der Waals surface area (Å²) in [4.78, 5) is 10.8. The second-order valence-corrected chi connectivity index (χ2v) is 14.8. The Morgan fingerprint density at radius 2 is 0.811 bits per heavy atom. The van der Waals surface area contributed by atoms with E-state index >= 15 is 0 Å². The van der Waals surface area contributed by atoms with Gasteiger partial charge in [-0.1, -0.05) is 146 Å². The molecule has 0 radical (unpaired) electrons. The molecule has 0 saturated carbocycles. The maximum Gasteiger partial charge on any atom is 0.160 e. The fraction of sp³-hybridized carbons (Fsp3) is 0. The third kappa shape index (κ3) is 4.86. The molecule has 0 bridgehead atoms. The van der Waals surface area contributed by atoms with Crippen molar-refractivity contribution in [2.75, 3.05) is 0 Å². The summed E-state index contributed by atoms with van der Waals surface area (Å²) in [7, 11) is 0. The lowest BCUT2D eigenvalue weighted by Gasteiger charge is -2.16. The molecule has 0 saturated heterocycles. The lowest BCUT2D eigenvalue weighted by Crippen LogP contribution is -1.95. The van der Waals surface area contributed by atoms with Gasteiger partial charge < -0.3 is 0 Å². The molecule has 3 heteroatoms. The predicted octanol–water partition coefficient (Wildman–Crippen LogP) is 14.1. The van der Waals surface area contributed by atoms with E-state index in [1.165, 1.54) is 58.9 Å². The summed E-state index contributed by atoms with van der Waals surface area (Å²) in [6.07, 6.45) is 0. The highest BCUT2D eigenvalue weighted by molar-refractivity contribution is 7.26. The van der Waals surface area contributed by atoms with Crippen molar-refractivity contribution in [3.63, 3.8) is 0 Å². The van der Waals surface area contributed by atoms with Crippen molar-refractivity contribution < 1.29 is 0 Å². The molecule has 0 spiro atoms. The van der Waals surface area contributed by atoms with Gasteiger partial charge in [-0.3, -0.25) is 0 Å². The minimum absolute atomic E-state index is 0.721. The lowest BCUT2D eigenvalue weighted by molar-refractivity contribution is 1.24. The van der Waals surface area contributed by atoms with Gasteiger partial charge in [0.15, 0.2) is 5.82 Å². The van der Waals surface area contributed by atoms with Crippen molar-refractivity contribution in [2.24, 2.45) is 0 Å². The second-order valence-electron chi connectivity index (χ2n) is 13.7. The van der Waals surface area contributed by atoms with Crippen LogP contribution in [0.25, 0.3) is 108 Å². The Kier molecular flexibility index (Phi) is 6.76. The summed E-state index contributed by atoms with van der Waals surface area (Å²) >= 11 is 1.77. The summed E-state index contributed by atoms with van der Waals surface area (Å²) in [5.74, 6) is 0.721. The number of rotatable bonds is 4. The van der Waals surface area contributed by atoms with Crippen LogP contribution >= 0.6 is 11.3 Å². The van der Waals surface area contributed by atoms with Crippen LogP contribution in [0.15, 0.2) is 182 Å². The Hall–Kier alpha value is -6.68. The van der Waals surface area contributed by atoms with Crippen LogP contribution < -0.4 is 0 Å². The first kappa shape index (κ1) is 30.0. The minimum Gasteiger partial charge on any atom is -0.226 e. The van der Waals surface area contributed by atoms with E-state index in [1.54, 1.807) is 11.3 Å². The predicted molar refractivity (Wildman–Crippen MR) is 227 cm³/mol. The van der Waals surface area contributed by atoms with Crippen LogP contribution in [-0.4, -0.2) is 9.97 Å². The molecule has 246 valence electrons. The molecule has 11 rings (SSSR count). The quantitative estimate of drug-likeness (QED) is 0.172. The van der Waals surface area contributed by atoms with Gasteiger partial charge in [0.2, 0.25) is 0 Å². The van der Waals surface area contributed by atoms with Crippen molar-refractivity contribution in [3.05, 3.63) is 182 Å². The van der Waals surface area contributed by atoms with E-state index in [0.717, 1.165) is 49.4 Å². The molecule has 2 heterocycles. The largest absolute Gasteiger partial charge is 0.226 e. The summed E-state index contributed by atoms with van der Waals surface area (Å²) in [5.41, 5.74) is 8.69. The molecule has 0 aliphatic rings. The van der Waals surface area contributed by atoms with E-state index in [4.69, 9.17) is 9.97 Å². The lowest BCUT2D eigenvalue weighted by atomic mass is 9.88. The van der Waals surface area contributed by atoms with E-state index in [1.807, 2.05) is 0 Å². The number of fused-ring (bicyclic) bond motifs is 9. The van der Waals surface area contributed by atoms with Gasteiger partial charge in [0.05, 0.1) is 15.9 Å². The number of aromatic nitrogens is 2. The number of hydrogen-bond acceptors (Lipinski definition) is 3. The molecular weight excluding hydrogens is 661 g/mol. The number of thiophene rings is 1. The van der Waals surface area contributed by atoms with E-state index in [9.17, 15) is 0 Å². The summed E-state index contributed by atoms with van der Waals surface area (Å²) in [6.45, 7) is 0. The standard InChI is InChI=1S/C50H30N2S/c1-2-14-31(15-3-1)47-49-48(43-24-12-13-25-46(43)53-49)52-50(51-47)36-27-34(44-29-32-16-4-6-18-37(32)39-20-8-10-22-41(39)44)26-35(28-36)45-30-33-17-5-7-19-38(33)40-21-9-11-23-42(40)45/h1-30H. The first-order chi connectivity index (χ1) is 26.3. The molecule has 11 aromatic rings. The Bertz CT molecular complexity index is 3090. The minimum atomic E-state index is 0.721. The van der Waals surface area contributed by atoms with Crippen LogP contribution in [-0.2, 0) is 0 Å². The summed E-state index contributed by atoms with van der Waals surface area (Å²) in [5, 5.41) is 11.1. The molecule has 2 nitrogen and oxygen atoms in total. The van der Waals surface area contributed by atoms with Gasteiger partial charge in [0.25, 0.3) is 0 Å². The van der Waals surface area contributed by atoms with Gasteiger partial charge in [-0.05, 0) is 102 Å². The smallest absolute Gasteiger partial charge is 0.160 e. The van der Waals surface area contributed by atoms with Crippen molar-refractivity contribution >= 4 is 74.7 Å². The Morgan fingerprint density at radius 1 is 0.340 bits per heavy atom. The summed E-state index contributed by atoms with van der Waals surface area (Å²) < 4.78 is 2.32. The number of hydrogen-bond donors (Lipinski definition) is 0. The second kappa shape index (κ2) is 11.9. The highest BCUT2D eigenvalue weighted by atomic mass is 32.1. The van der Waals surface area contributed by atoms with E-state index in [-0.39, 0.29) is 0 Å². The third-order valence-electron chi connectivity index (χ3n) is 10.6. The van der Waals surface area contributed by atoms with E-state index in [2.05, 4.69) is 182 Å². The monoisotopic (exact) mass is 690 g/mol. The third-order valence-corrected chi connectivity index (χ3v) is 11.8. The van der Waals surface area contributed by atoms with Crippen molar-refractivity contribution in [3.8, 4) is 44.9 Å². The first-order valence-corrected chi connectivity index (χ1v) is 18.8. The molecule has 0 fully saturated rings. The molecule has 0 unspecified atom stereocenters. The molecule has 0 atom stereocenters. The van der Waals surface area contributed by atoms with Crippen LogP contribution in [0.1, 0.15) is 0 Å². The van der Waals surface area contributed by atoms with Gasteiger partial charge in [0, 0.05) is 21.2 Å². The SMILES string of the molecule is c1ccc(-c2nc(-c3cc(-c4cc5ccccc5c5ccccc45)cc(-c4cc5ccccc5c5ccccc45)c3)nc3c2sc2ccccc23)cc1.